The molecule has 0 aromatic heterocycles. The molecule has 1 saturated heterocycles. The molecule has 20 heavy (non-hydrogen) atoms. The summed E-state index contributed by atoms with van der Waals surface area (Å²) in [5, 5.41) is 0.0706. The largest absolute Gasteiger partial charge is 0.295 e. The lowest BCUT2D eigenvalue weighted by atomic mass is 10.1. The van der Waals surface area contributed by atoms with Crippen LogP contribution in [0.5, 0.6) is 0 Å². The van der Waals surface area contributed by atoms with Gasteiger partial charge in [-0.1, -0.05) is 42.5 Å². The molecule has 102 valence electrons. The van der Waals surface area contributed by atoms with Gasteiger partial charge in [-0.15, -0.1) is 11.8 Å². The molecular formula is C17H17NOS. The van der Waals surface area contributed by atoms with Crippen molar-refractivity contribution in [2.75, 3.05) is 4.90 Å². The van der Waals surface area contributed by atoms with Crippen LogP contribution in [-0.2, 0) is 4.79 Å². The fourth-order valence-corrected chi connectivity index (χ4v) is 3.79. The summed E-state index contributed by atoms with van der Waals surface area (Å²) in [5.74, 6) is 0.189. The number of carbonyl (C=O) groups excluding carboxylic acids is 1. The van der Waals surface area contributed by atoms with Crippen molar-refractivity contribution in [2.45, 2.75) is 24.5 Å². The predicted molar refractivity (Wildman–Crippen MR) is 84.9 cm³/mol. The number of carbonyl (C=O) groups is 1. The van der Waals surface area contributed by atoms with Crippen LogP contribution in [0.4, 0.5) is 5.69 Å². The number of amides is 1. The van der Waals surface area contributed by atoms with Crippen molar-refractivity contribution in [1.82, 2.24) is 0 Å². The molecule has 1 amide bonds. The van der Waals surface area contributed by atoms with Gasteiger partial charge in [-0.25, -0.2) is 0 Å². The molecule has 0 saturated carbocycles. The Balaban J connectivity index is 2.03. The lowest BCUT2D eigenvalue weighted by molar-refractivity contribution is -0.117. The van der Waals surface area contributed by atoms with Gasteiger partial charge in [-0.05, 0) is 37.1 Å². The highest BCUT2D eigenvalue weighted by Crippen LogP contribution is 2.45. The van der Waals surface area contributed by atoms with E-state index in [-0.39, 0.29) is 16.5 Å². The fraction of sp³-hybridized carbons (Fsp3) is 0.235. The molecule has 2 aromatic rings. The van der Waals surface area contributed by atoms with Crippen LogP contribution >= 0.6 is 11.8 Å². The van der Waals surface area contributed by atoms with E-state index >= 15 is 0 Å². The third kappa shape index (κ3) is 2.34. The first-order valence-corrected chi connectivity index (χ1v) is 7.71. The van der Waals surface area contributed by atoms with E-state index in [4.69, 9.17) is 0 Å². The van der Waals surface area contributed by atoms with Crippen molar-refractivity contribution >= 4 is 23.4 Å². The average molecular weight is 283 g/mol. The highest BCUT2D eigenvalue weighted by molar-refractivity contribution is 8.01. The molecule has 2 aromatic carbocycles. The Kier molecular flexibility index (Phi) is 3.53. The van der Waals surface area contributed by atoms with E-state index in [9.17, 15) is 4.79 Å². The second kappa shape index (κ2) is 5.33. The number of hydrogen-bond donors (Lipinski definition) is 0. The smallest absolute Gasteiger partial charge is 0.241 e. The topological polar surface area (TPSA) is 20.3 Å². The minimum absolute atomic E-state index is 0.000665. The molecular weight excluding hydrogens is 266 g/mol. The summed E-state index contributed by atoms with van der Waals surface area (Å²) in [5.41, 5.74) is 3.34. The van der Waals surface area contributed by atoms with Crippen molar-refractivity contribution in [2.24, 2.45) is 0 Å². The zero-order valence-corrected chi connectivity index (χ0v) is 12.4. The lowest BCUT2D eigenvalue weighted by Crippen LogP contribution is -2.30. The van der Waals surface area contributed by atoms with Gasteiger partial charge in [0.05, 0.1) is 5.25 Å². The molecule has 0 aliphatic carbocycles. The van der Waals surface area contributed by atoms with E-state index in [0.717, 1.165) is 5.69 Å². The zero-order chi connectivity index (χ0) is 14.1. The maximum absolute atomic E-state index is 12.5. The summed E-state index contributed by atoms with van der Waals surface area (Å²) >= 11 is 1.71. The number of aryl methyl sites for hydroxylation is 1. The Hall–Kier alpha value is -1.74. The number of thioether (sulfide) groups is 1. The number of hydrogen-bond acceptors (Lipinski definition) is 2. The minimum Gasteiger partial charge on any atom is -0.295 e. The third-order valence-electron chi connectivity index (χ3n) is 3.52. The first-order chi connectivity index (χ1) is 9.66. The number of nitrogens with zero attached hydrogens (tertiary/aromatic N) is 1. The molecule has 1 aliphatic rings. The van der Waals surface area contributed by atoms with Crippen molar-refractivity contribution in [3.63, 3.8) is 0 Å². The molecule has 0 N–H and O–H groups in total. The van der Waals surface area contributed by atoms with E-state index in [1.807, 2.05) is 42.2 Å². The van der Waals surface area contributed by atoms with Crippen LogP contribution in [0, 0.1) is 6.92 Å². The Labute approximate surface area is 123 Å². The lowest BCUT2D eigenvalue weighted by Gasteiger charge is -2.24. The van der Waals surface area contributed by atoms with Gasteiger partial charge in [-0.2, -0.15) is 0 Å². The SMILES string of the molecule is Cc1cccc(N2C(=O)C(C)SC2c2ccccc2)c1. The summed E-state index contributed by atoms with van der Waals surface area (Å²) in [7, 11) is 0. The standard InChI is InChI=1S/C17H17NOS/c1-12-7-6-10-15(11-12)18-16(19)13(2)20-17(18)14-8-4-3-5-9-14/h3-11,13,17H,1-2H3. The Morgan fingerprint density at radius 2 is 1.80 bits per heavy atom. The van der Waals surface area contributed by atoms with Gasteiger partial charge < -0.3 is 0 Å². The van der Waals surface area contributed by atoms with Gasteiger partial charge in [0.2, 0.25) is 5.91 Å². The quantitative estimate of drug-likeness (QED) is 0.824. The molecule has 3 rings (SSSR count). The van der Waals surface area contributed by atoms with Gasteiger partial charge in [0.25, 0.3) is 0 Å². The van der Waals surface area contributed by atoms with Crippen molar-refractivity contribution in [3.05, 3.63) is 65.7 Å². The maximum atomic E-state index is 12.5. The average Bonchev–Trinajstić information content (AvgIpc) is 2.76. The monoisotopic (exact) mass is 283 g/mol. The summed E-state index contributed by atoms with van der Waals surface area (Å²) < 4.78 is 0. The predicted octanol–water partition coefficient (Wildman–Crippen LogP) is 4.16. The first kappa shape index (κ1) is 13.3. The third-order valence-corrected chi connectivity index (χ3v) is 4.87. The second-order valence-corrected chi connectivity index (χ2v) is 6.51. The Morgan fingerprint density at radius 1 is 1.05 bits per heavy atom. The van der Waals surface area contributed by atoms with Gasteiger partial charge in [0, 0.05) is 5.69 Å². The number of rotatable bonds is 2. The van der Waals surface area contributed by atoms with Crippen LogP contribution < -0.4 is 4.90 Å². The first-order valence-electron chi connectivity index (χ1n) is 6.77. The molecule has 0 spiro atoms. The second-order valence-electron chi connectivity index (χ2n) is 5.09. The summed E-state index contributed by atoms with van der Waals surface area (Å²) in [6, 6.07) is 18.4. The van der Waals surface area contributed by atoms with Crippen LogP contribution in [-0.4, -0.2) is 11.2 Å². The summed E-state index contributed by atoms with van der Waals surface area (Å²) in [4.78, 5) is 14.4. The highest BCUT2D eigenvalue weighted by atomic mass is 32.2. The van der Waals surface area contributed by atoms with Crippen LogP contribution in [0.25, 0.3) is 0 Å². The van der Waals surface area contributed by atoms with Gasteiger partial charge in [0.15, 0.2) is 0 Å². The molecule has 3 heteroatoms. The minimum atomic E-state index is 0.000665. The zero-order valence-electron chi connectivity index (χ0n) is 11.6. The normalized spacial score (nSPS) is 22.3. The maximum Gasteiger partial charge on any atom is 0.241 e. The van der Waals surface area contributed by atoms with Crippen molar-refractivity contribution in [1.29, 1.82) is 0 Å². The van der Waals surface area contributed by atoms with Gasteiger partial charge >= 0.3 is 0 Å². The van der Waals surface area contributed by atoms with E-state index in [0.29, 0.717) is 0 Å². The fourth-order valence-electron chi connectivity index (χ4n) is 2.51. The van der Waals surface area contributed by atoms with E-state index in [1.165, 1.54) is 11.1 Å². The molecule has 0 bridgehead atoms. The summed E-state index contributed by atoms with van der Waals surface area (Å²) in [6.45, 7) is 4.04. The molecule has 1 aliphatic heterocycles. The molecule has 2 atom stereocenters. The van der Waals surface area contributed by atoms with Crippen LogP contribution in [0.2, 0.25) is 0 Å². The van der Waals surface area contributed by atoms with Gasteiger partial charge in [0.1, 0.15) is 5.37 Å². The Bertz CT molecular complexity index is 626. The van der Waals surface area contributed by atoms with E-state index < -0.39 is 0 Å². The summed E-state index contributed by atoms with van der Waals surface area (Å²) in [6.07, 6.45) is 0. The van der Waals surface area contributed by atoms with Gasteiger partial charge in [-0.3, -0.25) is 9.69 Å². The van der Waals surface area contributed by atoms with Crippen molar-refractivity contribution < 1.29 is 4.79 Å². The van der Waals surface area contributed by atoms with Crippen molar-refractivity contribution in [3.8, 4) is 0 Å². The van der Waals surface area contributed by atoms with Crippen LogP contribution in [0.1, 0.15) is 23.4 Å². The molecule has 2 unspecified atom stereocenters. The van der Waals surface area contributed by atoms with E-state index in [1.54, 1.807) is 11.8 Å². The molecule has 1 fully saturated rings. The number of benzene rings is 2. The van der Waals surface area contributed by atoms with E-state index in [2.05, 4.69) is 31.2 Å². The Morgan fingerprint density at radius 3 is 2.50 bits per heavy atom. The highest BCUT2D eigenvalue weighted by Gasteiger charge is 2.39. The molecule has 0 radical (unpaired) electrons. The molecule has 2 nitrogen and oxygen atoms in total. The van der Waals surface area contributed by atoms with Crippen LogP contribution in [0.3, 0.4) is 0 Å². The van der Waals surface area contributed by atoms with Crippen LogP contribution in [0.15, 0.2) is 54.6 Å². The number of anilines is 1. The molecule has 1 heterocycles.